The van der Waals surface area contributed by atoms with Crippen LogP contribution >= 0.6 is 0 Å². The molecule has 2 heterocycles. The minimum Gasteiger partial charge on any atom is -0.346 e. The molecule has 2 N–H and O–H groups in total. The van der Waals surface area contributed by atoms with Crippen LogP contribution in [0.15, 0.2) is 53.4 Å². The van der Waals surface area contributed by atoms with Gasteiger partial charge < -0.3 is 10.3 Å². The van der Waals surface area contributed by atoms with E-state index < -0.39 is 10.0 Å². The molecule has 7 nitrogen and oxygen atoms in total. The molecule has 1 aromatic heterocycles. The van der Waals surface area contributed by atoms with Crippen molar-refractivity contribution in [2.45, 2.75) is 56.9 Å². The van der Waals surface area contributed by atoms with E-state index in [2.05, 4.69) is 29.1 Å². The maximum atomic E-state index is 12.8. The van der Waals surface area contributed by atoms with E-state index in [9.17, 15) is 13.2 Å². The van der Waals surface area contributed by atoms with Gasteiger partial charge in [-0.15, -0.1) is 0 Å². The van der Waals surface area contributed by atoms with E-state index in [1.54, 1.807) is 16.4 Å². The molecule has 0 spiro atoms. The number of carbonyl (C=O) groups is 1. The number of para-hydroxylation sites is 2. The SMILES string of the molecule is CC(C)[C@H](NC(=O)CCc1ccc(S(=O)(=O)N2CCCCC2)cc1)c1nc2ccccc2[nH]1. The summed E-state index contributed by atoms with van der Waals surface area (Å²) in [7, 11) is -3.43. The van der Waals surface area contributed by atoms with Crippen molar-refractivity contribution >= 4 is 27.0 Å². The van der Waals surface area contributed by atoms with Gasteiger partial charge in [0, 0.05) is 19.5 Å². The number of hydrogen-bond donors (Lipinski definition) is 2. The highest BCUT2D eigenvalue weighted by Crippen LogP contribution is 2.23. The van der Waals surface area contributed by atoms with Crippen molar-refractivity contribution in [1.82, 2.24) is 19.6 Å². The van der Waals surface area contributed by atoms with Crippen LogP contribution in [-0.2, 0) is 21.2 Å². The molecule has 4 rings (SSSR count). The Balaban J connectivity index is 1.36. The van der Waals surface area contributed by atoms with E-state index in [1.807, 2.05) is 36.4 Å². The van der Waals surface area contributed by atoms with Gasteiger partial charge in [-0.25, -0.2) is 13.4 Å². The van der Waals surface area contributed by atoms with Crippen LogP contribution in [0.4, 0.5) is 0 Å². The third-order valence-corrected chi connectivity index (χ3v) is 8.12. The van der Waals surface area contributed by atoms with E-state index in [4.69, 9.17) is 0 Å². The summed E-state index contributed by atoms with van der Waals surface area (Å²) in [6.07, 6.45) is 3.78. The third kappa shape index (κ3) is 5.45. The molecule has 1 saturated heterocycles. The topological polar surface area (TPSA) is 95.2 Å². The lowest BCUT2D eigenvalue weighted by atomic mass is 10.0. The van der Waals surface area contributed by atoms with E-state index in [0.717, 1.165) is 41.7 Å². The highest BCUT2D eigenvalue weighted by molar-refractivity contribution is 7.89. The van der Waals surface area contributed by atoms with Crippen LogP contribution in [-0.4, -0.2) is 41.7 Å². The highest BCUT2D eigenvalue weighted by Gasteiger charge is 2.26. The Morgan fingerprint density at radius 1 is 1.06 bits per heavy atom. The van der Waals surface area contributed by atoms with Crippen LogP contribution in [0.2, 0.25) is 0 Å². The number of imidazole rings is 1. The predicted octanol–water partition coefficient (Wildman–Crippen LogP) is 4.18. The minimum atomic E-state index is -3.43. The molecule has 1 aliphatic heterocycles. The van der Waals surface area contributed by atoms with Gasteiger partial charge in [0.1, 0.15) is 5.82 Å². The number of benzene rings is 2. The molecular formula is C25H32N4O3S. The second-order valence-electron chi connectivity index (χ2n) is 9.04. The normalized spacial score (nSPS) is 16.2. The second-order valence-corrected chi connectivity index (χ2v) is 11.0. The third-order valence-electron chi connectivity index (χ3n) is 6.20. The fourth-order valence-electron chi connectivity index (χ4n) is 4.26. The zero-order valence-corrected chi connectivity index (χ0v) is 20.1. The Labute approximate surface area is 195 Å². The Hall–Kier alpha value is -2.71. The predicted molar refractivity (Wildman–Crippen MR) is 129 cm³/mol. The van der Waals surface area contributed by atoms with Gasteiger partial charge >= 0.3 is 0 Å². The molecule has 0 unspecified atom stereocenters. The van der Waals surface area contributed by atoms with Crippen molar-refractivity contribution in [3.8, 4) is 0 Å². The van der Waals surface area contributed by atoms with E-state index >= 15 is 0 Å². The molecule has 0 saturated carbocycles. The van der Waals surface area contributed by atoms with Gasteiger partial charge in [0.2, 0.25) is 15.9 Å². The highest BCUT2D eigenvalue weighted by atomic mass is 32.2. The number of carbonyl (C=O) groups excluding carboxylic acids is 1. The largest absolute Gasteiger partial charge is 0.346 e. The fourth-order valence-corrected chi connectivity index (χ4v) is 5.77. The molecule has 3 aromatic rings. The van der Waals surface area contributed by atoms with Crippen molar-refractivity contribution in [3.05, 3.63) is 59.9 Å². The maximum absolute atomic E-state index is 12.8. The zero-order chi connectivity index (χ0) is 23.4. The Morgan fingerprint density at radius 2 is 1.76 bits per heavy atom. The number of aromatic amines is 1. The van der Waals surface area contributed by atoms with Gasteiger partial charge in [0.25, 0.3) is 0 Å². The first-order valence-corrected chi connectivity index (χ1v) is 13.1. The lowest BCUT2D eigenvalue weighted by molar-refractivity contribution is -0.122. The van der Waals surface area contributed by atoms with Gasteiger partial charge in [-0.2, -0.15) is 4.31 Å². The average molecular weight is 469 g/mol. The quantitative estimate of drug-likeness (QED) is 0.518. The van der Waals surface area contributed by atoms with Gasteiger partial charge in [0.15, 0.2) is 0 Å². The molecule has 176 valence electrons. The van der Waals surface area contributed by atoms with E-state index in [1.165, 1.54) is 0 Å². The molecule has 1 fully saturated rings. The standard InChI is InChI=1S/C25H32N4O3S/c1-18(2)24(25-26-21-8-4-5-9-22(21)27-25)28-23(30)15-12-19-10-13-20(14-11-19)33(31,32)29-16-6-3-7-17-29/h4-5,8-11,13-14,18,24H,3,6-7,12,15-17H2,1-2H3,(H,26,27)(H,28,30)/t24-/m0/s1. The van der Waals surface area contributed by atoms with Gasteiger partial charge in [-0.3, -0.25) is 4.79 Å². The summed E-state index contributed by atoms with van der Waals surface area (Å²) in [4.78, 5) is 21.0. The molecule has 1 aliphatic rings. The van der Waals surface area contributed by atoms with Crippen molar-refractivity contribution in [1.29, 1.82) is 0 Å². The number of aryl methyl sites for hydroxylation is 1. The molecule has 8 heteroatoms. The Kier molecular flexibility index (Phi) is 7.14. The van der Waals surface area contributed by atoms with Crippen LogP contribution < -0.4 is 5.32 Å². The summed E-state index contributed by atoms with van der Waals surface area (Å²) >= 11 is 0. The van der Waals surface area contributed by atoms with E-state index in [-0.39, 0.29) is 17.9 Å². The molecule has 33 heavy (non-hydrogen) atoms. The molecule has 1 amide bonds. The number of fused-ring (bicyclic) bond motifs is 1. The Bertz CT molecular complexity index is 1160. The molecule has 0 aliphatic carbocycles. The lowest BCUT2D eigenvalue weighted by Crippen LogP contribution is -2.35. The number of piperidine rings is 1. The first kappa shape index (κ1) is 23.4. The summed E-state index contributed by atoms with van der Waals surface area (Å²) in [6, 6.07) is 14.5. The smallest absolute Gasteiger partial charge is 0.243 e. The summed E-state index contributed by atoms with van der Waals surface area (Å²) in [6.45, 7) is 5.29. The molecule has 0 radical (unpaired) electrons. The lowest BCUT2D eigenvalue weighted by Gasteiger charge is -2.25. The number of sulfonamides is 1. The number of aromatic nitrogens is 2. The summed E-state index contributed by atoms with van der Waals surface area (Å²) in [5.74, 6) is 0.875. The van der Waals surface area contributed by atoms with Crippen molar-refractivity contribution < 1.29 is 13.2 Å². The molecule has 2 aromatic carbocycles. The van der Waals surface area contributed by atoms with Crippen LogP contribution in [0.25, 0.3) is 11.0 Å². The first-order valence-electron chi connectivity index (χ1n) is 11.7. The summed E-state index contributed by atoms with van der Waals surface area (Å²) < 4.78 is 27.2. The zero-order valence-electron chi connectivity index (χ0n) is 19.3. The van der Waals surface area contributed by atoms with Crippen LogP contribution in [0.1, 0.15) is 57.0 Å². The van der Waals surface area contributed by atoms with Crippen LogP contribution in [0, 0.1) is 5.92 Å². The van der Waals surface area contributed by atoms with Crippen LogP contribution in [0.5, 0.6) is 0 Å². The number of H-pyrrole nitrogens is 1. The van der Waals surface area contributed by atoms with Gasteiger partial charge in [-0.05, 0) is 55.0 Å². The number of rotatable bonds is 8. The van der Waals surface area contributed by atoms with Crippen LogP contribution in [0.3, 0.4) is 0 Å². The van der Waals surface area contributed by atoms with Gasteiger partial charge in [0.05, 0.1) is 22.0 Å². The number of nitrogens with zero attached hydrogens (tertiary/aromatic N) is 2. The second kappa shape index (κ2) is 10.1. The summed E-state index contributed by atoms with van der Waals surface area (Å²) in [5, 5.41) is 3.11. The van der Waals surface area contributed by atoms with Crippen molar-refractivity contribution in [2.24, 2.45) is 5.92 Å². The van der Waals surface area contributed by atoms with Gasteiger partial charge in [-0.1, -0.05) is 44.5 Å². The first-order chi connectivity index (χ1) is 15.8. The average Bonchev–Trinajstić information content (AvgIpc) is 3.25. The molecule has 1 atom stereocenters. The minimum absolute atomic E-state index is 0.0563. The van der Waals surface area contributed by atoms with E-state index in [0.29, 0.717) is 30.8 Å². The molecule has 0 bridgehead atoms. The van der Waals surface area contributed by atoms with Crippen molar-refractivity contribution in [3.63, 3.8) is 0 Å². The monoisotopic (exact) mass is 468 g/mol. The maximum Gasteiger partial charge on any atom is 0.243 e. The summed E-state index contributed by atoms with van der Waals surface area (Å²) in [5.41, 5.74) is 2.77. The van der Waals surface area contributed by atoms with Crippen molar-refractivity contribution in [2.75, 3.05) is 13.1 Å². The number of nitrogens with one attached hydrogen (secondary N) is 2. The fraction of sp³-hybridized carbons (Fsp3) is 0.440. The Morgan fingerprint density at radius 3 is 2.42 bits per heavy atom. The molecular weight excluding hydrogens is 436 g/mol. The number of hydrogen-bond acceptors (Lipinski definition) is 4. The number of amides is 1.